The number of aliphatic hydroxyl groups is 1. The first-order valence-corrected chi connectivity index (χ1v) is 13.5. The minimum absolute atomic E-state index is 0.0148. The average Bonchev–Trinajstić information content (AvgIpc) is 3.42. The van der Waals surface area contributed by atoms with E-state index in [1.165, 1.54) is 17.3 Å². The number of aryl methyl sites for hydroxylation is 1. The molecule has 10 heteroatoms. The third-order valence-corrected chi connectivity index (χ3v) is 8.93. The number of hydrogen-bond acceptors (Lipinski definition) is 5. The van der Waals surface area contributed by atoms with Gasteiger partial charge in [-0.15, -0.1) is 10.2 Å². The molecule has 206 valence electrons. The quantitative estimate of drug-likeness (QED) is 0.439. The van der Waals surface area contributed by atoms with E-state index < -0.39 is 23.2 Å². The second-order valence-corrected chi connectivity index (χ2v) is 11.5. The van der Waals surface area contributed by atoms with Gasteiger partial charge in [0, 0.05) is 30.4 Å². The standard InChI is InChI=1S/C29H32F3N5O2/c1-27(10-5-11-27)33-15-18-12-22-23(24(13-18)29(30,31)32)16-37(25(22)38)21-9-4-8-20(14-21)28(39,19-6-3-7-19)26-35-34-17-36(26)2/h4,8-9,12-14,17,19,33,39H,3,5-7,10-11,15-16H2,1-2H3/t28-/m1/s1. The van der Waals surface area contributed by atoms with Gasteiger partial charge in [0.05, 0.1) is 12.1 Å². The zero-order valence-electron chi connectivity index (χ0n) is 22.1. The van der Waals surface area contributed by atoms with Crippen molar-refractivity contribution in [3.8, 4) is 0 Å². The first kappa shape index (κ1) is 26.0. The van der Waals surface area contributed by atoms with Crippen molar-refractivity contribution in [2.45, 2.75) is 75.9 Å². The van der Waals surface area contributed by atoms with E-state index in [4.69, 9.17) is 0 Å². The lowest BCUT2D eigenvalue weighted by atomic mass is 9.69. The highest BCUT2D eigenvalue weighted by atomic mass is 19.4. The molecule has 0 radical (unpaired) electrons. The lowest BCUT2D eigenvalue weighted by Crippen LogP contribution is -2.47. The van der Waals surface area contributed by atoms with Crippen LogP contribution in [0.1, 0.15) is 83.9 Å². The van der Waals surface area contributed by atoms with Gasteiger partial charge in [0.2, 0.25) is 0 Å². The summed E-state index contributed by atoms with van der Waals surface area (Å²) in [5.74, 6) is -0.154. The van der Waals surface area contributed by atoms with E-state index in [0.717, 1.165) is 38.5 Å². The van der Waals surface area contributed by atoms with Gasteiger partial charge in [-0.3, -0.25) is 4.79 Å². The lowest BCUT2D eigenvalue weighted by molar-refractivity contribution is -0.138. The summed E-state index contributed by atoms with van der Waals surface area (Å²) in [6.45, 7) is 2.14. The molecule has 0 spiro atoms. The molecule has 2 aromatic carbocycles. The molecule has 3 aliphatic rings. The Morgan fingerprint density at radius 3 is 2.51 bits per heavy atom. The molecular weight excluding hydrogens is 507 g/mol. The number of nitrogens with zero attached hydrogens (tertiary/aromatic N) is 4. The second-order valence-electron chi connectivity index (χ2n) is 11.5. The highest BCUT2D eigenvalue weighted by molar-refractivity contribution is 6.10. The number of rotatable bonds is 7. The average molecular weight is 540 g/mol. The number of aromatic nitrogens is 3. The van der Waals surface area contributed by atoms with E-state index in [2.05, 4.69) is 22.4 Å². The van der Waals surface area contributed by atoms with Gasteiger partial charge in [-0.1, -0.05) is 18.6 Å². The van der Waals surface area contributed by atoms with Crippen LogP contribution in [0.25, 0.3) is 0 Å². The van der Waals surface area contributed by atoms with Crippen LogP contribution < -0.4 is 10.2 Å². The van der Waals surface area contributed by atoms with Gasteiger partial charge in [-0.2, -0.15) is 13.2 Å². The zero-order chi connectivity index (χ0) is 27.6. The summed E-state index contributed by atoms with van der Waals surface area (Å²) in [5, 5.41) is 23.5. The second kappa shape index (κ2) is 9.16. The maximum atomic E-state index is 14.2. The fraction of sp³-hybridized carbons (Fsp3) is 0.483. The van der Waals surface area contributed by atoms with Crippen molar-refractivity contribution in [1.82, 2.24) is 20.1 Å². The number of carbonyl (C=O) groups excluding carboxylic acids is 1. The maximum absolute atomic E-state index is 14.2. The van der Waals surface area contributed by atoms with E-state index in [9.17, 15) is 23.1 Å². The number of benzene rings is 2. The van der Waals surface area contributed by atoms with Gasteiger partial charge in [-0.05, 0) is 85.9 Å². The lowest BCUT2D eigenvalue weighted by Gasteiger charge is -2.41. The van der Waals surface area contributed by atoms with E-state index >= 15 is 0 Å². The van der Waals surface area contributed by atoms with Crippen molar-refractivity contribution in [1.29, 1.82) is 0 Å². The Morgan fingerprint density at radius 2 is 1.92 bits per heavy atom. The zero-order valence-corrected chi connectivity index (χ0v) is 22.1. The highest BCUT2D eigenvalue weighted by Crippen LogP contribution is 2.47. The first-order valence-electron chi connectivity index (χ1n) is 13.5. The van der Waals surface area contributed by atoms with Crippen molar-refractivity contribution in [2.75, 3.05) is 4.90 Å². The van der Waals surface area contributed by atoms with E-state index in [1.54, 1.807) is 41.9 Å². The molecule has 2 fully saturated rings. The Hall–Kier alpha value is -3.24. The van der Waals surface area contributed by atoms with Crippen LogP contribution in [0.3, 0.4) is 0 Å². The number of halogens is 3. The summed E-state index contributed by atoms with van der Waals surface area (Å²) in [6, 6.07) is 9.65. The molecule has 2 N–H and O–H groups in total. The van der Waals surface area contributed by atoms with Crippen LogP contribution in [0.15, 0.2) is 42.7 Å². The Kier molecular flexibility index (Phi) is 6.11. The summed E-state index contributed by atoms with van der Waals surface area (Å²) < 4.78 is 44.2. The third-order valence-electron chi connectivity index (χ3n) is 8.93. The van der Waals surface area contributed by atoms with Crippen LogP contribution in [-0.4, -0.2) is 31.3 Å². The van der Waals surface area contributed by atoms with Crippen molar-refractivity contribution < 1.29 is 23.1 Å². The van der Waals surface area contributed by atoms with Crippen LogP contribution in [-0.2, 0) is 31.9 Å². The largest absolute Gasteiger partial charge is 0.416 e. The summed E-state index contributed by atoms with van der Waals surface area (Å²) in [4.78, 5) is 15.0. The van der Waals surface area contributed by atoms with Crippen LogP contribution >= 0.6 is 0 Å². The van der Waals surface area contributed by atoms with Gasteiger partial charge in [0.1, 0.15) is 6.33 Å². The smallest absolute Gasteiger partial charge is 0.377 e. The molecule has 0 unspecified atom stereocenters. The van der Waals surface area contributed by atoms with Crippen LogP contribution in [0.2, 0.25) is 0 Å². The molecule has 1 aliphatic heterocycles. The molecule has 2 aliphatic carbocycles. The maximum Gasteiger partial charge on any atom is 0.416 e. The minimum atomic E-state index is -4.59. The molecule has 2 heterocycles. The Bertz CT molecular complexity index is 1430. The number of hydrogen-bond donors (Lipinski definition) is 2. The van der Waals surface area contributed by atoms with Crippen molar-refractivity contribution >= 4 is 11.6 Å². The van der Waals surface area contributed by atoms with Crippen molar-refractivity contribution in [3.63, 3.8) is 0 Å². The monoisotopic (exact) mass is 539 g/mol. The van der Waals surface area contributed by atoms with E-state index in [0.29, 0.717) is 22.6 Å². The number of amides is 1. The van der Waals surface area contributed by atoms with E-state index in [1.807, 2.05) is 0 Å². The number of carbonyl (C=O) groups is 1. The molecule has 1 atom stereocenters. The fourth-order valence-corrected chi connectivity index (χ4v) is 6.14. The van der Waals surface area contributed by atoms with Gasteiger partial charge >= 0.3 is 6.18 Å². The molecule has 0 saturated heterocycles. The van der Waals surface area contributed by atoms with Crippen molar-refractivity contribution in [3.05, 3.63) is 76.4 Å². The number of anilines is 1. The summed E-state index contributed by atoms with van der Waals surface area (Å²) in [5.41, 5.74) is -0.793. The Morgan fingerprint density at radius 1 is 1.15 bits per heavy atom. The van der Waals surface area contributed by atoms with E-state index in [-0.39, 0.29) is 35.7 Å². The number of alkyl halides is 3. The predicted molar refractivity (Wildman–Crippen MR) is 139 cm³/mol. The normalized spacial score (nSPS) is 20.4. The molecule has 0 bridgehead atoms. The van der Waals surface area contributed by atoms with Gasteiger partial charge in [0.15, 0.2) is 11.4 Å². The molecule has 1 amide bonds. The SMILES string of the molecule is Cn1cnnc1[C@](O)(c1cccc(N2Cc3c(cc(CNC4(C)CCC4)cc3C(F)(F)F)C2=O)c1)C1CCC1. The Balaban J connectivity index is 1.35. The van der Waals surface area contributed by atoms with Gasteiger partial charge in [0.25, 0.3) is 5.91 Å². The number of nitrogens with one attached hydrogen (secondary N) is 1. The van der Waals surface area contributed by atoms with Crippen LogP contribution in [0.4, 0.5) is 18.9 Å². The number of fused-ring (bicyclic) bond motifs is 1. The topological polar surface area (TPSA) is 83.3 Å². The van der Waals surface area contributed by atoms with Crippen LogP contribution in [0, 0.1) is 5.92 Å². The summed E-state index contributed by atoms with van der Waals surface area (Å²) >= 11 is 0. The molecule has 39 heavy (non-hydrogen) atoms. The molecule has 6 rings (SSSR count). The third kappa shape index (κ3) is 4.34. The Labute approximate surface area is 225 Å². The summed E-state index contributed by atoms with van der Waals surface area (Å²) in [7, 11) is 1.76. The fourth-order valence-electron chi connectivity index (χ4n) is 6.14. The predicted octanol–water partition coefficient (Wildman–Crippen LogP) is 5.06. The van der Waals surface area contributed by atoms with Gasteiger partial charge < -0.3 is 19.9 Å². The molecule has 2 saturated carbocycles. The molecule has 3 aromatic rings. The molecule has 7 nitrogen and oxygen atoms in total. The highest BCUT2D eigenvalue weighted by Gasteiger charge is 2.47. The minimum Gasteiger partial charge on any atom is -0.377 e. The molecular formula is C29H32F3N5O2. The summed E-state index contributed by atoms with van der Waals surface area (Å²) in [6.07, 6.45) is 2.61. The van der Waals surface area contributed by atoms with Gasteiger partial charge in [-0.25, -0.2) is 0 Å². The van der Waals surface area contributed by atoms with Crippen molar-refractivity contribution in [2.24, 2.45) is 13.0 Å². The van der Waals surface area contributed by atoms with Crippen LogP contribution in [0.5, 0.6) is 0 Å². The first-order chi connectivity index (χ1) is 18.5. The molecule has 1 aromatic heterocycles.